The van der Waals surface area contributed by atoms with E-state index in [1.54, 1.807) is 36.4 Å². The maximum absolute atomic E-state index is 13.1. The number of nitrogens with zero attached hydrogens (tertiary/aromatic N) is 1. The first-order valence-electron chi connectivity index (χ1n) is 9.57. The van der Waals surface area contributed by atoms with Gasteiger partial charge in [-0.05, 0) is 36.2 Å². The van der Waals surface area contributed by atoms with Gasteiger partial charge in [0, 0.05) is 18.3 Å². The standard InChI is InChI=1S/C22H22N2O6/c1-4-9-24-21(25)19(13-5-7-15(27-2)17(10-13)28-3)20(22(24)26)23-14-6-8-16-18(11-14)30-12-29-16/h5-8,10-11,23H,4,9,12H2,1-3H3. The second kappa shape index (κ2) is 7.98. The average molecular weight is 410 g/mol. The van der Waals surface area contributed by atoms with Crippen molar-refractivity contribution >= 4 is 23.1 Å². The van der Waals surface area contributed by atoms with E-state index < -0.39 is 0 Å². The number of amides is 2. The molecule has 0 saturated carbocycles. The number of methoxy groups -OCH3 is 2. The molecule has 0 aliphatic carbocycles. The molecule has 8 nitrogen and oxygen atoms in total. The molecular formula is C22H22N2O6. The third-order valence-electron chi connectivity index (χ3n) is 4.93. The fraction of sp³-hybridized carbons (Fsp3) is 0.273. The Morgan fingerprint density at radius 2 is 1.73 bits per heavy atom. The molecule has 2 heterocycles. The summed E-state index contributed by atoms with van der Waals surface area (Å²) in [5.41, 5.74) is 1.67. The van der Waals surface area contributed by atoms with E-state index in [1.165, 1.54) is 19.1 Å². The van der Waals surface area contributed by atoms with Crippen LogP contribution in [0, 0.1) is 0 Å². The molecule has 2 amide bonds. The van der Waals surface area contributed by atoms with Crippen LogP contribution < -0.4 is 24.3 Å². The Kier molecular flexibility index (Phi) is 5.22. The van der Waals surface area contributed by atoms with Crippen LogP contribution in [0.5, 0.6) is 23.0 Å². The lowest BCUT2D eigenvalue weighted by atomic mass is 10.0. The number of anilines is 1. The summed E-state index contributed by atoms with van der Waals surface area (Å²) in [7, 11) is 3.06. The van der Waals surface area contributed by atoms with Gasteiger partial charge in [-0.2, -0.15) is 0 Å². The predicted octanol–water partition coefficient (Wildman–Crippen LogP) is 3.03. The maximum atomic E-state index is 13.1. The summed E-state index contributed by atoms with van der Waals surface area (Å²) < 4.78 is 21.4. The largest absolute Gasteiger partial charge is 0.493 e. The molecule has 0 bridgehead atoms. The molecule has 0 radical (unpaired) electrons. The first-order valence-corrected chi connectivity index (χ1v) is 9.57. The SMILES string of the molecule is CCCN1C(=O)C(Nc2ccc3c(c2)OCO3)=C(c2ccc(OC)c(OC)c2)C1=O. The van der Waals surface area contributed by atoms with E-state index in [4.69, 9.17) is 18.9 Å². The summed E-state index contributed by atoms with van der Waals surface area (Å²) in [4.78, 5) is 27.5. The van der Waals surface area contributed by atoms with E-state index in [0.29, 0.717) is 47.2 Å². The van der Waals surface area contributed by atoms with Crippen LogP contribution in [0.4, 0.5) is 5.69 Å². The lowest BCUT2D eigenvalue weighted by Crippen LogP contribution is -2.33. The molecular weight excluding hydrogens is 388 g/mol. The highest BCUT2D eigenvalue weighted by Gasteiger charge is 2.39. The van der Waals surface area contributed by atoms with E-state index >= 15 is 0 Å². The van der Waals surface area contributed by atoms with Gasteiger partial charge in [0.1, 0.15) is 5.70 Å². The molecule has 0 aromatic heterocycles. The number of imide groups is 1. The number of nitrogens with one attached hydrogen (secondary N) is 1. The molecule has 0 saturated heterocycles. The Bertz CT molecular complexity index is 1050. The lowest BCUT2D eigenvalue weighted by Gasteiger charge is -2.14. The van der Waals surface area contributed by atoms with Crippen LogP contribution >= 0.6 is 0 Å². The fourth-order valence-corrected chi connectivity index (χ4v) is 3.50. The minimum Gasteiger partial charge on any atom is -0.493 e. The van der Waals surface area contributed by atoms with Crippen LogP contribution in [0.3, 0.4) is 0 Å². The Morgan fingerprint density at radius 1 is 0.967 bits per heavy atom. The Labute approximate surface area is 174 Å². The topological polar surface area (TPSA) is 86.3 Å². The van der Waals surface area contributed by atoms with Gasteiger partial charge in [-0.25, -0.2) is 0 Å². The number of hydrogen-bond acceptors (Lipinski definition) is 7. The van der Waals surface area contributed by atoms with Crippen LogP contribution in [0.25, 0.3) is 5.57 Å². The lowest BCUT2D eigenvalue weighted by molar-refractivity contribution is -0.136. The normalized spacial score (nSPS) is 15.1. The number of ether oxygens (including phenoxy) is 4. The highest BCUT2D eigenvalue weighted by molar-refractivity contribution is 6.36. The van der Waals surface area contributed by atoms with Gasteiger partial charge in [-0.1, -0.05) is 13.0 Å². The van der Waals surface area contributed by atoms with E-state index in [0.717, 1.165) is 0 Å². The summed E-state index contributed by atoms with van der Waals surface area (Å²) in [6.07, 6.45) is 0.661. The third-order valence-corrected chi connectivity index (χ3v) is 4.93. The molecule has 8 heteroatoms. The van der Waals surface area contributed by atoms with E-state index in [1.807, 2.05) is 6.92 Å². The molecule has 156 valence electrons. The van der Waals surface area contributed by atoms with Gasteiger partial charge in [-0.3, -0.25) is 14.5 Å². The molecule has 30 heavy (non-hydrogen) atoms. The number of carbonyl (C=O) groups is 2. The van der Waals surface area contributed by atoms with Crippen molar-refractivity contribution < 1.29 is 28.5 Å². The van der Waals surface area contributed by atoms with Gasteiger partial charge in [0.2, 0.25) is 6.79 Å². The predicted molar refractivity (Wildman–Crippen MR) is 110 cm³/mol. The summed E-state index contributed by atoms with van der Waals surface area (Å²) in [6, 6.07) is 10.4. The molecule has 0 fully saturated rings. The number of benzene rings is 2. The second-order valence-corrected chi connectivity index (χ2v) is 6.77. The fourth-order valence-electron chi connectivity index (χ4n) is 3.50. The molecule has 2 aliphatic rings. The van der Waals surface area contributed by atoms with E-state index in [-0.39, 0.29) is 29.9 Å². The van der Waals surface area contributed by atoms with Crippen molar-refractivity contribution in [2.24, 2.45) is 0 Å². The first-order chi connectivity index (χ1) is 14.6. The summed E-state index contributed by atoms with van der Waals surface area (Å²) in [5, 5.41) is 3.11. The number of carbonyl (C=O) groups excluding carboxylic acids is 2. The molecule has 0 spiro atoms. The van der Waals surface area contributed by atoms with Gasteiger partial charge in [0.25, 0.3) is 11.8 Å². The monoisotopic (exact) mass is 410 g/mol. The van der Waals surface area contributed by atoms with Crippen molar-refractivity contribution in [1.82, 2.24) is 4.90 Å². The number of rotatable bonds is 7. The summed E-state index contributed by atoms with van der Waals surface area (Å²) >= 11 is 0. The van der Waals surface area contributed by atoms with E-state index in [2.05, 4.69) is 5.32 Å². The van der Waals surface area contributed by atoms with Gasteiger partial charge in [-0.15, -0.1) is 0 Å². The average Bonchev–Trinajstić information content (AvgIpc) is 3.32. The minimum atomic E-state index is -0.371. The van der Waals surface area contributed by atoms with Crippen LogP contribution in [0.15, 0.2) is 42.1 Å². The smallest absolute Gasteiger partial charge is 0.278 e. The summed E-state index contributed by atoms with van der Waals surface area (Å²) in [5.74, 6) is 1.50. The van der Waals surface area contributed by atoms with E-state index in [9.17, 15) is 9.59 Å². The molecule has 0 atom stereocenters. The zero-order chi connectivity index (χ0) is 21.3. The highest BCUT2D eigenvalue weighted by Crippen LogP contribution is 2.38. The van der Waals surface area contributed by atoms with Crippen LogP contribution in [-0.4, -0.2) is 44.3 Å². The number of fused-ring (bicyclic) bond motifs is 1. The Hall–Kier alpha value is -3.68. The quantitative estimate of drug-likeness (QED) is 0.702. The van der Waals surface area contributed by atoms with Gasteiger partial charge < -0.3 is 24.3 Å². The zero-order valence-corrected chi connectivity index (χ0v) is 17.0. The molecule has 4 rings (SSSR count). The van der Waals surface area contributed by atoms with Crippen molar-refractivity contribution in [3.63, 3.8) is 0 Å². The Balaban J connectivity index is 1.78. The number of hydrogen-bond donors (Lipinski definition) is 1. The van der Waals surface area contributed by atoms with Crippen molar-refractivity contribution in [2.75, 3.05) is 32.9 Å². The van der Waals surface area contributed by atoms with Crippen molar-refractivity contribution in [1.29, 1.82) is 0 Å². The highest BCUT2D eigenvalue weighted by atomic mass is 16.7. The van der Waals surface area contributed by atoms with Gasteiger partial charge >= 0.3 is 0 Å². The van der Waals surface area contributed by atoms with Crippen LogP contribution in [0.2, 0.25) is 0 Å². The van der Waals surface area contributed by atoms with Gasteiger partial charge in [0.05, 0.1) is 19.8 Å². The first kappa shape index (κ1) is 19.6. The minimum absolute atomic E-state index is 0.153. The van der Waals surface area contributed by atoms with Crippen LogP contribution in [0.1, 0.15) is 18.9 Å². The third kappa shape index (κ3) is 3.30. The molecule has 0 unspecified atom stereocenters. The molecule has 1 N–H and O–H groups in total. The Morgan fingerprint density at radius 3 is 2.47 bits per heavy atom. The van der Waals surface area contributed by atoms with Gasteiger partial charge in [0.15, 0.2) is 23.0 Å². The van der Waals surface area contributed by atoms with Crippen molar-refractivity contribution in [3.8, 4) is 23.0 Å². The molecule has 2 aliphatic heterocycles. The molecule has 2 aromatic carbocycles. The summed E-state index contributed by atoms with van der Waals surface area (Å²) in [6.45, 7) is 2.40. The van der Waals surface area contributed by atoms with Crippen LogP contribution in [-0.2, 0) is 9.59 Å². The zero-order valence-electron chi connectivity index (χ0n) is 17.0. The maximum Gasteiger partial charge on any atom is 0.278 e. The second-order valence-electron chi connectivity index (χ2n) is 6.77. The van der Waals surface area contributed by atoms with Crippen molar-refractivity contribution in [2.45, 2.75) is 13.3 Å². The van der Waals surface area contributed by atoms with Crippen molar-refractivity contribution in [3.05, 3.63) is 47.7 Å². The molecule has 2 aromatic rings.